The van der Waals surface area contributed by atoms with Crippen molar-refractivity contribution in [3.63, 3.8) is 0 Å². The van der Waals surface area contributed by atoms with Crippen molar-refractivity contribution in [2.75, 3.05) is 11.1 Å². The summed E-state index contributed by atoms with van der Waals surface area (Å²) in [7, 11) is 0. The summed E-state index contributed by atoms with van der Waals surface area (Å²) in [6, 6.07) is 17.5. The first kappa shape index (κ1) is 19.6. The van der Waals surface area contributed by atoms with Gasteiger partial charge in [0.25, 0.3) is 0 Å². The monoisotopic (exact) mass is 444 g/mol. The second-order valence-electron chi connectivity index (χ2n) is 6.52. The molecule has 0 aliphatic heterocycles. The van der Waals surface area contributed by atoms with E-state index < -0.39 is 0 Å². The Morgan fingerprint density at radius 3 is 2.63 bits per heavy atom. The summed E-state index contributed by atoms with van der Waals surface area (Å²) in [5.74, 6) is 1.48. The maximum absolute atomic E-state index is 12.3. The number of amides is 1. The Hall–Kier alpha value is -2.12. The van der Waals surface area contributed by atoms with Gasteiger partial charge >= 0.3 is 0 Å². The lowest BCUT2D eigenvalue weighted by atomic mass is 10.2. The molecule has 2 aromatic carbocycles. The van der Waals surface area contributed by atoms with Crippen LogP contribution in [0.3, 0.4) is 0 Å². The van der Waals surface area contributed by atoms with Crippen molar-refractivity contribution in [3.8, 4) is 11.4 Å². The molecule has 0 unspecified atom stereocenters. The van der Waals surface area contributed by atoms with Crippen LogP contribution in [0.4, 0.5) is 5.69 Å². The Labute approximate surface area is 171 Å². The van der Waals surface area contributed by atoms with Gasteiger partial charge < -0.3 is 9.88 Å². The molecule has 5 nitrogen and oxygen atoms in total. The Morgan fingerprint density at radius 2 is 1.93 bits per heavy atom. The summed E-state index contributed by atoms with van der Waals surface area (Å²) >= 11 is 4.81. The van der Waals surface area contributed by atoms with Gasteiger partial charge in [-0.15, -0.1) is 10.2 Å². The van der Waals surface area contributed by atoms with Crippen LogP contribution in [0.25, 0.3) is 11.4 Å². The highest BCUT2D eigenvalue weighted by atomic mass is 79.9. The molecule has 0 saturated carbocycles. The maximum atomic E-state index is 12.3. The van der Waals surface area contributed by atoms with Crippen molar-refractivity contribution in [1.29, 1.82) is 0 Å². The number of hydrogen-bond donors (Lipinski definition) is 1. The summed E-state index contributed by atoms with van der Waals surface area (Å²) in [4.78, 5) is 12.3. The minimum absolute atomic E-state index is 0.0709. The summed E-state index contributed by atoms with van der Waals surface area (Å²) in [6.07, 6.45) is 0. The molecule has 1 aromatic heterocycles. The van der Waals surface area contributed by atoms with Crippen molar-refractivity contribution >= 4 is 39.3 Å². The lowest BCUT2D eigenvalue weighted by Gasteiger charge is -2.12. The minimum Gasteiger partial charge on any atom is -0.325 e. The number of anilines is 1. The molecule has 1 N–H and O–H groups in total. The van der Waals surface area contributed by atoms with Crippen LogP contribution in [0.2, 0.25) is 0 Å². The Morgan fingerprint density at radius 1 is 1.15 bits per heavy atom. The molecule has 0 spiro atoms. The van der Waals surface area contributed by atoms with Crippen LogP contribution >= 0.6 is 27.7 Å². The standard InChI is InChI=1S/C20H21BrN4OS/c1-14(2)12-25-19(15-7-4-3-5-8-15)23-24-20(25)27-13-18(26)22-17-10-6-9-16(21)11-17/h3-11,14H,12-13H2,1-2H3,(H,22,26). The number of benzene rings is 2. The van der Waals surface area contributed by atoms with E-state index in [1.807, 2.05) is 54.6 Å². The van der Waals surface area contributed by atoms with Crippen LogP contribution in [-0.2, 0) is 11.3 Å². The van der Waals surface area contributed by atoms with Gasteiger partial charge in [-0.05, 0) is 24.1 Å². The first-order valence-corrected chi connectivity index (χ1v) is 10.5. The number of hydrogen-bond acceptors (Lipinski definition) is 4. The third kappa shape index (κ3) is 5.43. The van der Waals surface area contributed by atoms with Gasteiger partial charge in [0.1, 0.15) is 0 Å². The van der Waals surface area contributed by atoms with E-state index in [2.05, 4.69) is 49.9 Å². The van der Waals surface area contributed by atoms with Gasteiger partial charge in [-0.1, -0.05) is 77.9 Å². The number of carbonyl (C=O) groups is 1. The quantitative estimate of drug-likeness (QED) is 0.515. The molecule has 140 valence electrons. The summed E-state index contributed by atoms with van der Waals surface area (Å²) in [6.45, 7) is 5.11. The highest BCUT2D eigenvalue weighted by Gasteiger charge is 2.16. The van der Waals surface area contributed by atoms with Gasteiger partial charge in [-0.25, -0.2) is 0 Å². The van der Waals surface area contributed by atoms with Gasteiger partial charge in [0, 0.05) is 22.3 Å². The number of nitrogens with one attached hydrogen (secondary N) is 1. The zero-order valence-corrected chi connectivity index (χ0v) is 17.6. The normalized spacial score (nSPS) is 11.0. The second kappa shape index (κ2) is 9.19. The topological polar surface area (TPSA) is 59.8 Å². The zero-order valence-electron chi connectivity index (χ0n) is 15.2. The largest absolute Gasteiger partial charge is 0.325 e. The van der Waals surface area contributed by atoms with E-state index in [-0.39, 0.29) is 11.7 Å². The molecule has 1 heterocycles. The summed E-state index contributed by atoms with van der Waals surface area (Å²) in [5, 5.41) is 12.4. The average molecular weight is 445 g/mol. The second-order valence-corrected chi connectivity index (χ2v) is 8.38. The highest BCUT2D eigenvalue weighted by molar-refractivity contribution is 9.10. The van der Waals surface area contributed by atoms with E-state index in [1.54, 1.807) is 0 Å². The molecule has 0 aliphatic rings. The third-order valence-electron chi connectivity index (χ3n) is 3.74. The van der Waals surface area contributed by atoms with Crippen LogP contribution in [-0.4, -0.2) is 26.4 Å². The van der Waals surface area contributed by atoms with E-state index in [0.717, 1.165) is 33.2 Å². The SMILES string of the molecule is CC(C)Cn1c(SCC(=O)Nc2cccc(Br)c2)nnc1-c1ccccc1. The average Bonchev–Trinajstić information content (AvgIpc) is 3.02. The molecule has 27 heavy (non-hydrogen) atoms. The number of halogens is 1. The van der Waals surface area contributed by atoms with E-state index in [9.17, 15) is 4.79 Å². The Balaban J connectivity index is 1.72. The van der Waals surface area contributed by atoms with Gasteiger partial charge in [0.05, 0.1) is 5.75 Å². The number of aromatic nitrogens is 3. The number of nitrogens with zero attached hydrogens (tertiary/aromatic N) is 3. The van der Waals surface area contributed by atoms with Crippen molar-refractivity contribution in [3.05, 3.63) is 59.1 Å². The summed E-state index contributed by atoms with van der Waals surface area (Å²) in [5.41, 5.74) is 1.79. The Bertz CT molecular complexity index is 911. The first-order chi connectivity index (χ1) is 13.0. The molecule has 0 bridgehead atoms. The van der Waals surface area contributed by atoms with E-state index in [0.29, 0.717) is 5.92 Å². The molecule has 0 fully saturated rings. The van der Waals surface area contributed by atoms with Gasteiger partial charge in [-0.2, -0.15) is 0 Å². The van der Waals surface area contributed by atoms with Crippen molar-refractivity contribution in [1.82, 2.24) is 14.8 Å². The van der Waals surface area contributed by atoms with Crippen LogP contribution in [0.15, 0.2) is 64.2 Å². The number of thioether (sulfide) groups is 1. The summed E-state index contributed by atoms with van der Waals surface area (Å²) < 4.78 is 3.02. The van der Waals surface area contributed by atoms with Crippen LogP contribution < -0.4 is 5.32 Å². The van der Waals surface area contributed by atoms with Crippen molar-refractivity contribution in [2.45, 2.75) is 25.5 Å². The molecule has 0 radical (unpaired) electrons. The molecule has 3 aromatic rings. The molecule has 0 saturated heterocycles. The molecule has 7 heteroatoms. The predicted molar refractivity (Wildman–Crippen MR) is 114 cm³/mol. The molecule has 0 atom stereocenters. The highest BCUT2D eigenvalue weighted by Crippen LogP contribution is 2.25. The van der Waals surface area contributed by atoms with Gasteiger partial charge in [0.2, 0.25) is 5.91 Å². The molecular formula is C20H21BrN4OS. The molecule has 1 amide bonds. The van der Waals surface area contributed by atoms with E-state index >= 15 is 0 Å². The predicted octanol–water partition coefficient (Wildman–Crippen LogP) is 5.09. The maximum Gasteiger partial charge on any atom is 0.234 e. The van der Waals surface area contributed by atoms with Gasteiger partial charge in [-0.3, -0.25) is 4.79 Å². The van der Waals surface area contributed by atoms with Crippen LogP contribution in [0, 0.1) is 5.92 Å². The minimum atomic E-state index is -0.0709. The van der Waals surface area contributed by atoms with Crippen molar-refractivity contribution < 1.29 is 4.79 Å². The Kier molecular flexibility index (Phi) is 6.68. The third-order valence-corrected chi connectivity index (χ3v) is 5.20. The fourth-order valence-corrected chi connectivity index (χ4v) is 3.77. The first-order valence-electron chi connectivity index (χ1n) is 8.70. The molecule has 3 rings (SSSR count). The molecular weight excluding hydrogens is 424 g/mol. The fraction of sp³-hybridized carbons (Fsp3) is 0.250. The lowest BCUT2D eigenvalue weighted by Crippen LogP contribution is -2.15. The lowest BCUT2D eigenvalue weighted by molar-refractivity contribution is -0.113. The number of carbonyl (C=O) groups excluding carboxylic acids is 1. The smallest absolute Gasteiger partial charge is 0.234 e. The van der Waals surface area contributed by atoms with E-state index in [1.165, 1.54) is 11.8 Å². The number of rotatable bonds is 7. The van der Waals surface area contributed by atoms with Crippen LogP contribution in [0.5, 0.6) is 0 Å². The van der Waals surface area contributed by atoms with Gasteiger partial charge in [0.15, 0.2) is 11.0 Å². The fourth-order valence-electron chi connectivity index (χ4n) is 2.62. The van der Waals surface area contributed by atoms with Crippen molar-refractivity contribution in [2.24, 2.45) is 5.92 Å². The molecule has 0 aliphatic carbocycles. The van der Waals surface area contributed by atoms with Crippen LogP contribution in [0.1, 0.15) is 13.8 Å². The zero-order chi connectivity index (χ0) is 19.2. The van der Waals surface area contributed by atoms with E-state index in [4.69, 9.17) is 0 Å².